The van der Waals surface area contributed by atoms with E-state index >= 15 is 0 Å². The van der Waals surface area contributed by atoms with Gasteiger partial charge in [0, 0.05) is 50.7 Å². The lowest BCUT2D eigenvalue weighted by atomic mass is 9.96. The fourth-order valence-electron chi connectivity index (χ4n) is 4.14. The van der Waals surface area contributed by atoms with Crippen molar-refractivity contribution in [3.63, 3.8) is 0 Å². The van der Waals surface area contributed by atoms with Gasteiger partial charge in [-0.3, -0.25) is 4.79 Å². The van der Waals surface area contributed by atoms with Gasteiger partial charge in [-0.25, -0.2) is 8.42 Å². The number of amides is 1. The Morgan fingerprint density at radius 3 is 2.43 bits per heavy atom. The summed E-state index contributed by atoms with van der Waals surface area (Å²) in [5, 5.41) is 0. The summed E-state index contributed by atoms with van der Waals surface area (Å²) >= 11 is 0. The zero-order chi connectivity index (χ0) is 21.7. The molecule has 2 saturated heterocycles. The van der Waals surface area contributed by atoms with Crippen molar-refractivity contribution in [2.45, 2.75) is 31.1 Å². The van der Waals surface area contributed by atoms with E-state index in [1.54, 1.807) is 6.07 Å². The van der Waals surface area contributed by atoms with Crippen LogP contribution in [-0.2, 0) is 19.6 Å². The molecule has 8 nitrogen and oxygen atoms in total. The fourth-order valence-corrected chi connectivity index (χ4v) is 5.63. The van der Waals surface area contributed by atoms with E-state index in [0.29, 0.717) is 56.5 Å². The second kappa shape index (κ2) is 9.98. The average Bonchev–Trinajstić information content (AvgIpc) is 3.29. The van der Waals surface area contributed by atoms with Crippen molar-refractivity contribution in [1.29, 1.82) is 0 Å². The van der Waals surface area contributed by atoms with E-state index in [2.05, 4.69) is 0 Å². The molecule has 0 bridgehead atoms. The molecule has 1 amide bonds. The van der Waals surface area contributed by atoms with Crippen LogP contribution in [0.15, 0.2) is 23.1 Å². The fraction of sp³-hybridized carbons (Fsp3) is 0.667. The van der Waals surface area contributed by atoms with Gasteiger partial charge in [-0.1, -0.05) is 0 Å². The molecule has 0 saturated carbocycles. The minimum atomic E-state index is -3.66. The lowest BCUT2D eigenvalue weighted by Gasteiger charge is -2.34. The third-order valence-corrected chi connectivity index (χ3v) is 7.89. The molecule has 168 valence electrons. The van der Waals surface area contributed by atoms with E-state index in [0.717, 1.165) is 19.6 Å². The van der Waals surface area contributed by atoms with E-state index in [1.807, 2.05) is 11.8 Å². The van der Waals surface area contributed by atoms with Gasteiger partial charge in [-0.2, -0.15) is 4.31 Å². The predicted molar refractivity (Wildman–Crippen MR) is 112 cm³/mol. The van der Waals surface area contributed by atoms with E-state index in [1.165, 1.54) is 30.7 Å². The molecule has 2 heterocycles. The van der Waals surface area contributed by atoms with Crippen molar-refractivity contribution in [1.82, 2.24) is 9.21 Å². The normalized spacial score (nSPS) is 20.8. The van der Waals surface area contributed by atoms with Crippen molar-refractivity contribution in [3.8, 4) is 11.5 Å². The molecule has 2 aliphatic rings. The topological polar surface area (TPSA) is 85.4 Å². The number of benzene rings is 1. The summed E-state index contributed by atoms with van der Waals surface area (Å²) in [7, 11) is -0.675. The molecule has 0 aliphatic carbocycles. The molecule has 9 heteroatoms. The first-order valence-electron chi connectivity index (χ1n) is 10.5. The van der Waals surface area contributed by atoms with Crippen LogP contribution in [0.4, 0.5) is 0 Å². The molecule has 1 unspecified atom stereocenters. The van der Waals surface area contributed by atoms with Crippen LogP contribution >= 0.6 is 0 Å². The van der Waals surface area contributed by atoms with E-state index in [9.17, 15) is 13.2 Å². The number of methoxy groups -OCH3 is 2. The Morgan fingerprint density at radius 2 is 1.87 bits per heavy atom. The molecular formula is C21H32N2O6S. The second-order valence-corrected chi connectivity index (χ2v) is 9.74. The van der Waals surface area contributed by atoms with Gasteiger partial charge in [-0.05, 0) is 38.3 Å². The third kappa shape index (κ3) is 4.90. The quantitative estimate of drug-likeness (QED) is 0.615. The molecule has 0 aromatic heterocycles. The zero-order valence-corrected chi connectivity index (χ0v) is 18.8. The molecule has 3 rings (SSSR count). The van der Waals surface area contributed by atoms with Crippen LogP contribution in [-0.4, -0.2) is 77.1 Å². The molecule has 2 aliphatic heterocycles. The van der Waals surface area contributed by atoms with Crippen LogP contribution < -0.4 is 9.47 Å². The summed E-state index contributed by atoms with van der Waals surface area (Å²) in [5.74, 6) is 1.25. The number of carbonyl (C=O) groups excluding carboxylic acids is 1. The highest BCUT2D eigenvalue weighted by molar-refractivity contribution is 7.89. The summed E-state index contributed by atoms with van der Waals surface area (Å²) in [6.45, 7) is 5.52. The average molecular weight is 441 g/mol. The first-order chi connectivity index (χ1) is 14.4. The van der Waals surface area contributed by atoms with Gasteiger partial charge >= 0.3 is 0 Å². The molecule has 1 atom stereocenters. The van der Waals surface area contributed by atoms with Crippen LogP contribution in [0.25, 0.3) is 0 Å². The Kier molecular flexibility index (Phi) is 7.60. The SMILES string of the molecule is CCN(CC1CCOC1)C(=O)C1CCN(S(=O)(=O)c2ccc(OC)c(OC)c2)CC1. The van der Waals surface area contributed by atoms with Crippen LogP contribution in [0.5, 0.6) is 11.5 Å². The summed E-state index contributed by atoms with van der Waals surface area (Å²) in [4.78, 5) is 15.1. The van der Waals surface area contributed by atoms with Gasteiger partial charge in [-0.15, -0.1) is 0 Å². The number of piperidine rings is 1. The lowest BCUT2D eigenvalue weighted by Crippen LogP contribution is -2.45. The molecular weight excluding hydrogens is 408 g/mol. The molecule has 0 N–H and O–H groups in total. The highest BCUT2D eigenvalue weighted by atomic mass is 32.2. The van der Waals surface area contributed by atoms with Crippen molar-refractivity contribution in [2.75, 3.05) is 53.6 Å². The number of hydrogen-bond acceptors (Lipinski definition) is 6. The molecule has 0 radical (unpaired) electrons. The summed E-state index contributed by atoms with van der Waals surface area (Å²) < 4.78 is 43.4. The number of rotatable bonds is 8. The van der Waals surface area contributed by atoms with Crippen molar-refractivity contribution in [2.24, 2.45) is 11.8 Å². The number of sulfonamides is 1. The van der Waals surface area contributed by atoms with Crippen LogP contribution in [0, 0.1) is 11.8 Å². The minimum absolute atomic E-state index is 0.132. The van der Waals surface area contributed by atoms with Gasteiger partial charge in [0.15, 0.2) is 11.5 Å². The van der Waals surface area contributed by atoms with Gasteiger partial charge < -0.3 is 19.1 Å². The Morgan fingerprint density at radius 1 is 1.17 bits per heavy atom. The maximum Gasteiger partial charge on any atom is 0.243 e. The highest BCUT2D eigenvalue weighted by Crippen LogP contribution is 2.32. The van der Waals surface area contributed by atoms with Crippen LogP contribution in [0.2, 0.25) is 0 Å². The molecule has 30 heavy (non-hydrogen) atoms. The predicted octanol–water partition coefficient (Wildman–Crippen LogP) is 1.99. The van der Waals surface area contributed by atoms with E-state index < -0.39 is 10.0 Å². The van der Waals surface area contributed by atoms with Gasteiger partial charge in [0.05, 0.1) is 25.7 Å². The van der Waals surface area contributed by atoms with Gasteiger partial charge in [0.2, 0.25) is 15.9 Å². The first kappa shape index (κ1) is 22.8. The molecule has 1 aromatic carbocycles. The Balaban J connectivity index is 1.63. The number of ether oxygens (including phenoxy) is 3. The van der Waals surface area contributed by atoms with E-state index in [-0.39, 0.29) is 16.7 Å². The maximum absolute atomic E-state index is 13.1. The largest absolute Gasteiger partial charge is 0.493 e. The molecule has 2 fully saturated rings. The Hall–Kier alpha value is -1.84. The van der Waals surface area contributed by atoms with Gasteiger partial charge in [0.25, 0.3) is 0 Å². The maximum atomic E-state index is 13.1. The number of nitrogens with zero attached hydrogens (tertiary/aromatic N) is 2. The highest BCUT2D eigenvalue weighted by Gasteiger charge is 2.34. The third-order valence-electron chi connectivity index (χ3n) is 5.99. The van der Waals surface area contributed by atoms with Crippen molar-refractivity contribution >= 4 is 15.9 Å². The minimum Gasteiger partial charge on any atom is -0.493 e. The lowest BCUT2D eigenvalue weighted by molar-refractivity contribution is -0.137. The Bertz CT molecular complexity index is 830. The van der Waals surface area contributed by atoms with Crippen LogP contribution in [0.3, 0.4) is 0 Å². The molecule has 1 aromatic rings. The van der Waals surface area contributed by atoms with Gasteiger partial charge in [0.1, 0.15) is 0 Å². The van der Waals surface area contributed by atoms with Crippen molar-refractivity contribution < 1.29 is 27.4 Å². The summed E-state index contributed by atoms with van der Waals surface area (Å²) in [6.07, 6.45) is 2.05. The Labute approximate surface area is 179 Å². The number of carbonyl (C=O) groups is 1. The second-order valence-electron chi connectivity index (χ2n) is 7.80. The zero-order valence-electron chi connectivity index (χ0n) is 18.0. The standard InChI is InChI=1S/C21H32N2O6S/c1-4-22(14-16-9-12-29-15-16)21(24)17-7-10-23(11-8-17)30(25,26)18-5-6-19(27-2)20(13-18)28-3/h5-6,13,16-17H,4,7-12,14-15H2,1-3H3. The van der Waals surface area contributed by atoms with E-state index in [4.69, 9.17) is 14.2 Å². The van der Waals surface area contributed by atoms with Crippen LogP contribution in [0.1, 0.15) is 26.2 Å². The monoisotopic (exact) mass is 440 g/mol. The summed E-state index contributed by atoms with van der Waals surface area (Å²) in [6, 6.07) is 4.60. The first-order valence-corrected chi connectivity index (χ1v) is 11.9. The smallest absolute Gasteiger partial charge is 0.243 e. The van der Waals surface area contributed by atoms with Crippen molar-refractivity contribution in [3.05, 3.63) is 18.2 Å². The summed E-state index contributed by atoms with van der Waals surface area (Å²) in [5.41, 5.74) is 0. The number of hydrogen-bond donors (Lipinski definition) is 0. The molecule has 0 spiro atoms.